The quantitative estimate of drug-likeness (QED) is 0.833. The number of nitrogens with zero attached hydrogens (tertiary/aromatic N) is 3. The summed E-state index contributed by atoms with van der Waals surface area (Å²) >= 11 is 3.31. The first-order valence-corrected chi connectivity index (χ1v) is 6.44. The molecule has 0 spiro atoms. The average molecular weight is 304 g/mol. The normalized spacial score (nSPS) is 10.4. The molecule has 1 heterocycles. The van der Waals surface area contributed by atoms with Crippen LogP contribution in [0.2, 0.25) is 0 Å². The molecule has 0 radical (unpaired) electrons. The fraction of sp³-hybridized carbons (Fsp3) is 0.636. The molecule has 0 aromatic carbocycles. The van der Waals surface area contributed by atoms with Crippen LogP contribution in [0.15, 0.2) is 10.7 Å². The van der Waals surface area contributed by atoms with E-state index in [-0.39, 0.29) is 6.61 Å². The van der Waals surface area contributed by atoms with Crippen LogP contribution in [0.25, 0.3) is 0 Å². The third-order valence-electron chi connectivity index (χ3n) is 2.33. The van der Waals surface area contributed by atoms with Gasteiger partial charge in [-0.3, -0.25) is 0 Å². The summed E-state index contributed by atoms with van der Waals surface area (Å²) in [7, 11) is 1.57. The second-order valence-electron chi connectivity index (χ2n) is 3.59. The van der Waals surface area contributed by atoms with Crippen LogP contribution in [-0.4, -0.2) is 41.9 Å². The number of unbranched alkanes of at least 4 members (excludes halogenated alkanes) is 1. The van der Waals surface area contributed by atoms with E-state index in [1.807, 2.05) is 4.90 Å². The van der Waals surface area contributed by atoms with Crippen LogP contribution < -0.4 is 9.64 Å². The van der Waals surface area contributed by atoms with Crippen LogP contribution in [-0.2, 0) is 0 Å². The summed E-state index contributed by atoms with van der Waals surface area (Å²) < 4.78 is 5.86. The van der Waals surface area contributed by atoms with Crippen LogP contribution >= 0.6 is 15.9 Å². The molecule has 0 aliphatic heterocycles. The Hall–Kier alpha value is -0.880. The van der Waals surface area contributed by atoms with Gasteiger partial charge < -0.3 is 14.7 Å². The van der Waals surface area contributed by atoms with Gasteiger partial charge in [0.25, 0.3) is 0 Å². The highest BCUT2D eigenvalue weighted by Gasteiger charge is 2.11. The predicted octanol–water partition coefficient (Wildman–Crippen LogP) is 1.85. The van der Waals surface area contributed by atoms with E-state index in [2.05, 4.69) is 32.8 Å². The summed E-state index contributed by atoms with van der Waals surface area (Å²) in [4.78, 5) is 10.5. The first-order valence-electron chi connectivity index (χ1n) is 5.65. The Morgan fingerprint density at radius 1 is 1.47 bits per heavy atom. The van der Waals surface area contributed by atoms with E-state index >= 15 is 0 Å². The molecule has 1 rings (SSSR count). The molecule has 96 valence electrons. The van der Waals surface area contributed by atoms with Crippen molar-refractivity contribution in [2.24, 2.45) is 0 Å². The fourth-order valence-electron chi connectivity index (χ4n) is 1.42. The topological polar surface area (TPSA) is 58.5 Å². The molecule has 0 aliphatic carbocycles. The highest BCUT2D eigenvalue weighted by Crippen LogP contribution is 2.23. The Kier molecular flexibility index (Phi) is 6.21. The first kappa shape index (κ1) is 14.2. The second-order valence-corrected chi connectivity index (χ2v) is 4.45. The third kappa shape index (κ3) is 4.12. The molecule has 17 heavy (non-hydrogen) atoms. The highest BCUT2D eigenvalue weighted by atomic mass is 79.9. The minimum atomic E-state index is 0.0887. The van der Waals surface area contributed by atoms with E-state index in [1.54, 1.807) is 13.3 Å². The summed E-state index contributed by atoms with van der Waals surface area (Å²) in [5, 5.41) is 9.04. The van der Waals surface area contributed by atoms with E-state index in [0.29, 0.717) is 18.4 Å². The van der Waals surface area contributed by atoms with Crippen LogP contribution in [0, 0.1) is 0 Å². The van der Waals surface area contributed by atoms with Crippen molar-refractivity contribution in [3.63, 3.8) is 0 Å². The van der Waals surface area contributed by atoms with Crippen molar-refractivity contribution >= 4 is 21.9 Å². The molecule has 0 saturated heterocycles. The van der Waals surface area contributed by atoms with Gasteiger partial charge in [0.15, 0.2) is 0 Å². The summed E-state index contributed by atoms with van der Waals surface area (Å²) in [6.07, 6.45) is 3.80. The molecule has 6 heteroatoms. The molecule has 0 atom stereocenters. The molecule has 0 fully saturated rings. The number of halogens is 1. The van der Waals surface area contributed by atoms with Crippen LogP contribution in [0.1, 0.15) is 19.8 Å². The van der Waals surface area contributed by atoms with Crippen LogP contribution in [0.4, 0.5) is 5.95 Å². The van der Waals surface area contributed by atoms with E-state index in [9.17, 15) is 0 Å². The molecule has 0 unspecified atom stereocenters. The van der Waals surface area contributed by atoms with E-state index in [0.717, 1.165) is 23.9 Å². The summed E-state index contributed by atoms with van der Waals surface area (Å²) in [6, 6.07) is 0. The van der Waals surface area contributed by atoms with Gasteiger partial charge in [-0.15, -0.1) is 0 Å². The molecule has 0 saturated carbocycles. The zero-order chi connectivity index (χ0) is 12.7. The molecule has 0 aliphatic rings. The van der Waals surface area contributed by atoms with Gasteiger partial charge >= 0.3 is 0 Å². The number of methoxy groups -OCH3 is 1. The Balaban J connectivity index is 2.85. The molecular formula is C11H18BrN3O2. The maximum atomic E-state index is 9.04. The lowest BCUT2D eigenvalue weighted by atomic mass is 10.3. The second kappa shape index (κ2) is 7.45. The average Bonchev–Trinajstić information content (AvgIpc) is 2.35. The summed E-state index contributed by atoms with van der Waals surface area (Å²) in [5.74, 6) is 1.10. The lowest BCUT2D eigenvalue weighted by Gasteiger charge is -2.21. The molecule has 1 aromatic heterocycles. The molecule has 0 bridgehead atoms. The van der Waals surface area contributed by atoms with Gasteiger partial charge in [0, 0.05) is 13.1 Å². The smallest absolute Gasteiger partial charge is 0.232 e. The zero-order valence-corrected chi connectivity index (χ0v) is 11.8. The van der Waals surface area contributed by atoms with Gasteiger partial charge in [-0.1, -0.05) is 13.3 Å². The minimum Gasteiger partial charge on any atom is -0.480 e. The van der Waals surface area contributed by atoms with Gasteiger partial charge in [-0.05, 0) is 22.4 Å². The van der Waals surface area contributed by atoms with Crippen LogP contribution in [0.5, 0.6) is 5.88 Å². The Morgan fingerprint density at radius 3 is 2.82 bits per heavy atom. The van der Waals surface area contributed by atoms with Crippen molar-refractivity contribution in [1.29, 1.82) is 0 Å². The zero-order valence-electron chi connectivity index (χ0n) is 10.2. The minimum absolute atomic E-state index is 0.0887. The molecule has 1 aromatic rings. The first-order chi connectivity index (χ1) is 8.22. The van der Waals surface area contributed by atoms with E-state index in [1.165, 1.54) is 0 Å². The van der Waals surface area contributed by atoms with Crippen molar-refractivity contribution in [3.05, 3.63) is 10.7 Å². The molecule has 5 nitrogen and oxygen atoms in total. The number of anilines is 1. The van der Waals surface area contributed by atoms with Gasteiger partial charge in [0.1, 0.15) is 0 Å². The van der Waals surface area contributed by atoms with Crippen LogP contribution in [0.3, 0.4) is 0 Å². The fourth-order valence-corrected chi connectivity index (χ4v) is 1.77. The highest BCUT2D eigenvalue weighted by molar-refractivity contribution is 9.10. The van der Waals surface area contributed by atoms with Crippen molar-refractivity contribution in [2.45, 2.75) is 19.8 Å². The Labute approximate surface area is 110 Å². The van der Waals surface area contributed by atoms with Crippen molar-refractivity contribution in [1.82, 2.24) is 9.97 Å². The maximum absolute atomic E-state index is 9.04. The Bertz CT molecular complexity index is 349. The maximum Gasteiger partial charge on any atom is 0.232 e. The number of aromatic nitrogens is 2. The standard InChI is InChI=1S/C11H18BrN3O2/c1-3-4-5-15(6-7-16)11-13-8-9(12)10(14-11)17-2/h8,16H,3-7H2,1-2H3. The van der Waals surface area contributed by atoms with Gasteiger partial charge in [0.05, 0.1) is 24.4 Å². The number of aliphatic hydroxyl groups is 1. The molecule has 1 N–H and O–H groups in total. The predicted molar refractivity (Wildman–Crippen MR) is 70.5 cm³/mol. The van der Waals surface area contributed by atoms with E-state index < -0.39 is 0 Å². The number of hydrogen-bond acceptors (Lipinski definition) is 5. The monoisotopic (exact) mass is 303 g/mol. The third-order valence-corrected chi connectivity index (χ3v) is 2.87. The lowest BCUT2D eigenvalue weighted by molar-refractivity contribution is 0.300. The lowest BCUT2D eigenvalue weighted by Crippen LogP contribution is -2.29. The molecule has 0 amide bonds. The van der Waals surface area contributed by atoms with Crippen molar-refractivity contribution < 1.29 is 9.84 Å². The van der Waals surface area contributed by atoms with Crippen molar-refractivity contribution in [3.8, 4) is 5.88 Å². The van der Waals surface area contributed by atoms with Gasteiger partial charge in [-0.25, -0.2) is 4.98 Å². The largest absolute Gasteiger partial charge is 0.480 e. The Morgan fingerprint density at radius 2 is 2.24 bits per heavy atom. The van der Waals surface area contributed by atoms with E-state index in [4.69, 9.17) is 9.84 Å². The summed E-state index contributed by atoms with van der Waals surface area (Å²) in [5.41, 5.74) is 0. The SMILES string of the molecule is CCCCN(CCO)c1ncc(Br)c(OC)n1. The van der Waals surface area contributed by atoms with Crippen molar-refractivity contribution in [2.75, 3.05) is 31.7 Å². The number of rotatable bonds is 7. The molecular weight excluding hydrogens is 286 g/mol. The number of hydrogen-bond donors (Lipinski definition) is 1. The number of aliphatic hydroxyl groups excluding tert-OH is 1. The van der Waals surface area contributed by atoms with Gasteiger partial charge in [0.2, 0.25) is 11.8 Å². The number of ether oxygens (including phenoxy) is 1. The summed E-state index contributed by atoms with van der Waals surface area (Å²) in [6.45, 7) is 3.58. The van der Waals surface area contributed by atoms with Gasteiger partial charge in [-0.2, -0.15) is 4.98 Å².